The van der Waals surface area contributed by atoms with Crippen LogP contribution in [0.15, 0.2) is 34.1 Å². The molecule has 2 rings (SSSR count). The normalized spacial score (nSPS) is 20.2. The largest absolute Gasteiger partial charge is 0.363 e. The molecule has 8 heteroatoms. The van der Waals surface area contributed by atoms with Gasteiger partial charge in [-0.25, -0.2) is 4.31 Å². The van der Waals surface area contributed by atoms with Crippen LogP contribution in [0.3, 0.4) is 0 Å². The Morgan fingerprint density at radius 3 is 2.41 bits per heavy atom. The van der Waals surface area contributed by atoms with Gasteiger partial charge < -0.3 is 0 Å². The molecular formula is C9H9NO4S3. The summed E-state index contributed by atoms with van der Waals surface area (Å²) in [5.74, 6) is -0.587. The zero-order valence-electron chi connectivity index (χ0n) is 8.48. The summed E-state index contributed by atoms with van der Waals surface area (Å²) in [6.07, 6.45) is 0.104. The number of benzene rings is 1. The van der Waals surface area contributed by atoms with E-state index in [0.29, 0.717) is 4.31 Å². The third-order valence-electron chi connectivity index (χ3n) is 2.21. The summed E-state index contributed by atoms with van der Waals surface area (Å²) in [6, 6.07) is 7.09. The van der Waals surface area contributed by atoms with Crippen LogP contribution in [0.2, 0.25) is 0 Å². The fourth-order valence-electron chi connectivity index (χ4n) is 1.42. The van der Waals surface area contributed by atoms with Crippen LogP contribution < -0.4 is 0 Å². The van der Waals surface area contributed by atoms with Gasteiger partial charge in [-0.15, -0.1) is 12.6 Å². The molecule has 0 spiro atoms. The van der Waals surface area contributed by atoms with Crippen LogP contribution in [0.1, 0.15) is 6.42 Å². The van der Waals surface area contributed by atoms with Crippen molar-refractivity contribution in [2.45, 2.75) is 21.6 Å². The Bertz CT molecular complexity index is 540. The van der Waals surface area contributed by atoms with Gasteiger partial charge >= 0.3 is 10.3 Å². The molecule has 1 aliphatic rings. The van der Waals surface area contributed by atoms with E-state index in [2.05, 4.69) is 12.6 Å². The van der Waals surface area contributed by atoms with Gasteiger partial charge in [-0.1, -0.05) is 11.8 Å². The predicted molar refractivity (Wildman–Crippen MR) is 66.4 cm³/mol. The number of thioether (sulfide) groups is 1. The summed E-state index contributed by atoms with van der Waals surface area (Å²) in [4.78, 5) is 12.7. The monoisotopic (exact) mass is 291 g/mol. The minimum Gasteiger partial charge on any atom is -0.274 e. The number of carbonyl (C=O) groups excluding carboxylic acids is 1. The Labute approximate surface area is 108 Å². The molecule has 17 heavy (non-hydrogen) atoms. The maximum atomic E-state index is 11.1. The molecule has 1 unspecified atom stereocenters. The van der Waals surface area contributed by atoms with E-state index in [4.69, 9.17) is 4.55 Å². The van der Waals surface area contributed by atoms with E-state index >= 15 is 0 Å². The van der Waals surface area contributed by atoms with Crippen molar-refractivity contribution < 1.29 is 17.8 Å². The third kappa shape index (κ3) is 2.76. The van der Waals surface area contributed by atoms with Crippen LogP contribution in [0, 0.1) is 0 Å². The first-order valence-electron chi connectivity index (χ1n) is 4.63. The molecule has 5 nitrogen and oxygen atoms in total. The molecule has 1 aromatic rings. The van der Waals surface area contributed by atoms with Gasteiger partial charge in [-0.05, 0) is 24.3 Å². The summed E-state index contributed by atoms with van der Waals surface area (Å²) < 4.78 is 31.2. The lowest BCUT2D eigenvalue weighted by molar-refractivity contribution is -0.134. The van der Waals surface area contributed by atoms with Crippen LogP contribution in [-0.2, 0) is 15.1 Å². The number of carbonyl (C=O) groups is 1. The Morgan fingerprint density at radius 1 is 1.35 bits per heavy atom. The topological polar surface area (TPSA) is 74.7 Å². The molecular weight excluding hydrogens is 282 g/mol. The number of amides is 1. The molecule has 0 saturated carbocycles. The lowest BCUT2D eigenvalue weighted by Crippen LogP contribution is -2.53. The average molecular weight is 291 g/mol. The van der Waals surface area contributed by atoms with E-state index in [0.717, 1.165) is 9.79 Å². The molecule has 1 heterocycles. The van der Waals surface area contributed by atoms with Gasteiger partial charge in [0.1, 0.15) is 5.37 Å². The summed E-state index contributed by atoms with van der Waals surface area (Å²) in [5.41, 5.74) is 0. The van der Waals surface area contributed by atoms with Crippen molar-refractivity contribution in [1.82, 2.24) is 4.31 Å². The molecule has 1 aliphatic heterocycles. The van der Waals surface area contributed by atoms with Gasteiger partial charge in [-0.3, -0.25) is 9.35 Å². The Morgan fingerprint density at radius 2 is 1.94 bits per heavy atom. The van der Waals surface area contributed by atoms with E-state index in [1.165, 1.54) is 11.8 Å². The van der Waals surface area contributed by atoms with Gasteiger partial charge in [0, 0.05) is 9.79 Å². The van der Waals surface area contributed by atoms with Crippen LogP contribution in [0.25, 0.3) is 0 Å². The molecule has 1 fully saturated rings. The third-order valence-corrected chi connectivity index (χ3v) is 4.79. The second-order valence-electron chi connectivity index (χ2n) is 3.44. The maximum Gasteiger partial charge on any atom is 0.363 e. The summed E-state index contributed by atoms with van der Waals surface area (Å²) in [7, 11) is -4.44. The van der Waals surface area contributed by atoms with Crippen molar-refractivity contribution in [3.8, 4) is 0 Å². The van der Waals surface area contributed by atoms with Crippen molar-refractivity contribution >= 4 is 40.6 Å². The predicted octanol–water partition coefficient (Wildman–Crippen LogP) is 1.43. The molecule has 0 aromatic heterocycles. The lowest BCUT2D eigenvalue weighted by atomic mass is 10.3. The minimum absolute atomic E-state index is 0.104. The Balaban J connectivity index is 2.11. The van der Waals surface area contributed by atoms with E-state index in [9.17, 15) is 13.2 Å². The Kier molecular flexibility index (Phi) is 3.39. The zero-order chi connectivity index (χ0) is 12.6. The van der Waals surface area contributed by atoms with Gasteiger partial charge in [0.15, 0.2) is 0 Å². The quantitative estimate of drug-likeness (QED) is 0.500. The van der Waals surface area contributed by atoms with Gasteiger partial charge in [0.25, 0.3) is 0 Å². The Hall–Kier alpha value is -0.700. The van der Waals surface area contributed by atoms with E-state index in [1.54, 1.807) is 24.3 Å². The van der Waals surface area contributed by atoms with Crippen molar-refractivity contribution in [2.75, 3.05) is 0 Å². The molecule has 1 aromatic carbocycles. The van der Waals surface area contributed by atoms with Crippen LogP contribution >= 0.6 is 24.4 Å². The standard InChI is InChI=1S/C9H9NO4S3/c11-8-5-9(10(8)17(12,13)14)16-7-3-1-6(15)2-4-7/h1-4,9,15H,5H2,(H,12,13,14). The van der Waals surface area contributed by atoms with Crippen molar-refractivity contribution in [3.63, 3.8) is 0 Å². The molecule has 1 N–H and O–H groups in total. The number of thiol groups is 1. The smallest absolute Gasteiger partial charge is 0.274 e. The highest BCUT2D eigenvalue weighted by Crippen LogP contribution is 2.36. The van der Waals surface area contributed by atoms with E-state index in [1.807, 2.05) is 0 Å². The average Bonchev–Trinajstić information content (AvgIpc) is 2.17. The second kappa shape index (κ2) is 4.52. The van der Waals surface area contributed by atoms with E-state index in [-0.39, 0.29) is 6.42 Å². The van der Waals surface area contributed by atoms with Crippen molar-refractivity contribution in [1.29, 1.82) is 0 Å². The highest BCUT2D eigenvalue weighted by atomic mass is 32.2. The minimum atomic E-state index is -4.44. The number of hydrogen-bond donors (Lipinski definition) is 2. The first-order chi connectivity index (χ1) is 7.88. The summed E-state index contributed by atoms with van der Waals surface area (Å²) >= 11 is 5.34. The van der Waals surface area contributed by atoms with Gasteiger partial charge in [-0.2, -0.15) is 8.42 Å². The molecule has 1 saturated heterocycles. The van der Waals surface area contributed by atoms with Gasteiger partial charge in [0.2, 0.25) is 5.91 Å². The molecule has 1 atom stereocenters. The fourth-order valence-corrected chi connectivity index (χ4v) is 3.77. The fraction of sp³-hybridized carbons (Fsp3) is 0.222. The molecule has 92 valence electrons. The highest BCUT2D eigenvalue weighted by Gasteiger charge is 2.44. The first-order valence-corrected chi connectivity index (χ1v) is 7.35. The molecule has 0 aliphatic carbocycles. The SMILES string of the molecule is O=C1CC(Sc2ccc(S)cc2)N1S(=O)(=O)O. The number of nitrogens with zero attached hydrogens (tertiary/aromatic N) is 1. The zero-order valence-corrected chi connectivity index (χ0v) is 11.0. The van der Waals surface area contributed by atoms with Crippen LogP contribution in [-0.4, -0.2) is 28.6 Å². The van der Waals surface area contributed by atoms with Gasteiger partial charge in [0.05, 0.1) is 6.42 Å². The summed E-state index contributed by atoms with van der Waals surface area (Å²) in [5, 5.41) is -0.566. The first kappa shape index (κ1) is 12.7. The molecule has 0 bridgehead atoms. The number of rotatable bonds is 3. The number of hydrogen-bond acceptors (Lipinski definition) is 5. The van der Waals surface area contributed by atoms with Crippen LogP contribution in [0.4, 0.5) is 0 Å². The molecule has 1 amide bonds. The van der Waals surface area contributed by atoms with Crippen molar-refractivity contribution in [2.24, 2.45) is 0 Å². The number of β-lactam (4-membered cyclic amide) rings is 1. The highest BCUT2D eigenvalue weighted by molar-refractivity contribution is 8.00. The summed E-state index contributed by atoms with van der Waals surface area (Å²) in [6.45, 7) is 0. The maximum absolute atomic E-state index is 11.1. The van der Waals surface area contributed by atoms with Crippen molar-refractivity contribution in [3.05, 3.63) is 24.3 Å². The lowest BCUT2D eigenvalue weighted by Gasteiger charge is -2.36. The van der Waals surface area contributed by atoms with E-state index < -0.39 is 21.6 Å². The van der Waals surface area contributed by atoms with Crippen LogP contribution in [0.5, 0.6) is 0 Å². The second-order valence-corrected chi connectivity index (χ2v) is 6.49. The molecule has 0 radical (unpaired) electrons.